The minimum absolute atomic E-state index is 0.356. The first-order valence-corrected chi connectivity index (χ1v) is 5.73. The average molecular weight is 236 g/mol. The average Bonchev–Trinajstić information content (AvgIpc) is 2.41. The van der Waals surface area contributed by atoms with Crippen LogP contribution in [0.4, 0.5) is 0 Å². The number of fused-ring (bicyclic) bond motifs is 1. The molecule has 0 aliphatic rings. The zero-order valence-electron chi connectivity index (χ0n) is 9.96. The van der Waals surface area contributed by atoms with Crippen molar-refractivity contribution < 1.29 is 0 Å². The highest BCUT2D eigenvalue weighted by Crippen LogP contribution is 2.11. The second-order valence-corrected chi connectivity index (χ2v) is 4.15. The maximum atomic E-state index is 8.23. The van der Waals surface area contributed by atoms with Crippen LogP contribution >= 0.6 is 0 Å². The molecule has 0 atom stereocenters. The molecule has 1 heterocycles. The van der Waals surface area contributed by atoms with Crippen LogP contribution in [0.2, 0.25) is 0 Å². The van der Waals surface area contributed by atoms with Crippen molar-refractivity contribution in [1.29, 1.82) is 5.41 Å². The van der Waals surface area contributed by atoms with Gasteiger partial charge in [0.2, 0.25) is 0 Å². The van der Waals surface area contributed by atoms with Gasteiger partial charge in [0.05, 0.1) is 11.2 Å². The third kappa shape index (κ3) is 1.59. The molecule has 2 aromatic carbocycles. The van der Waals surface area contributed by atoms with Crippen LogP contribution in [-0.2, 0) is 0 Å². The van der Waals surface area contributed by atoms with Crippen LogP contribution in [0, 0.1) is 12.3 Å². The summed E-state index contributed by atoms with van der Waals surface area (Å²) in [6, 6.07) is 15.4. The Bertz CT molecular complexity index is 774. The van der Waals surface area contributed by atoms with Crippen molar-refractivity contribution in [3.8, 4) is 5.69 Å². The number of benzene rings is 2. The maximum Gasteiger partial charge on any atom is 0.157 e. The van der Waals surface area contributed by atoms with Crippen LogP contribution in [0.5, 0.6) is 0 Å². The zero-order chi connectivity index (χ0) is 12.5. The predicted molar refractivity (Wildman–Crippen MR) is 69.5 cm³/mol. The van der Waals surface area contributed by atoms with E-state index in [-0.39, 0.29) is 0 Å². The van der Waals surface area contributed by atoms with Gasteiger partial charge in [0.25, 0.3) is 0 Å². The van der Waals surface area contributed by atoms with Crippen LogP contribution in [0.3, 0.4) is 0 Å². The van der Waals surface area contributed by atoms with Crippen molar-refractivity contribution in [1.82, 2.24) is 15.0 Å². The topological polar surface area (TPSA) is 54.6 Å². The Labute approximate surface area is 104 Å². The molecule has 3 rings (SSSR count). The molecule has 0 unspecified atom stereocenters. The highest BCUT2D eigenvalue weighted by molar-refractivity contribution is 5.76. The van der Waals surface area contributed by atoms with Crippen molar-refractivity contribution >= 4 is 10.9 Å². The molecule has 0 aliphatic heterocycles. The van der Waals surface area contributed by atoms with E-state index < -0.39 is 0 Å². The summed E-state index contributed by atoms with van der Waals surface area (Å²) in [5.74, 6) is 0. The molecule has 0 saturated carbocycles. The van der Waals surface area contributed by atoms with Crippen molar-refractivity contribution in [2.24, 2.45) is 0 Å². The van der Waals surface area contributed by atoms with Gasteiger partial charge in [-0.05, 0) is 30.7 Å². The molecule has 0 saturated heterocycles. The van der Waals surface area contributed by atoms with Crippen molar-refractivity contribution in [2.45, 2.75) is 6.92 Å². The fraction of sp³-hybridized carbons (Fsp3) is 0.0714. The molecular formula is C14H12N4. The number of rotatable bonds is 1. The predicted octanol–water partition coefficient (Wildman–Crippen LogP) is 2.21. The molecule has 0 spiro atoms. The Balaban J connectivity index is 2.35. The fourth-order valence-electron chi connectivity index (χ4n) is 1.98. The van der Waals surface area contributed by atoms with E-state index in [2.05, 4.69) is 10.3 Å². The maximum absolute atomic E-state index is 8.23. The summed E-state index contributed by atoms with van der Waals surface area (Å²) in [5, 5.41) is 17.3. The summed E-state index contributed by atoms with van der Waals surface area (Å²) in [4.78, 5) is 0. The normalized spacial score (nSPS) is 10.7. The molecule has 0 aliphatic carbocycles. The van der Waals surface area contributed by atoms with Crippen LogP contribution in [0.15, 0.2) is 48.5 Å². The van der Waals surface area contributed by atoms with Gasteiger partial charge in [-0.1, -0.05) is 35.5 Å². The van der Waals surface area contributed by atoms with E-state index in [4.69, 9.17) is 5.41 Å². The lowest BCUT2D eigenvalue weighted by Crippen LogP contribution is -2.23. The second kappa shape index (κ2) is 4.07. The summed E-state index contributed by atoms with van der Waals surface area (Å²) in [7, 11) is 0. The highest BCUT2D eigenvalue weighted by Gasteiger charge is 2.05. The molecule has 0 radical (unpaired) electrons. The van der Waals surface area contributed by atoms with Gasteiger partial charge in [0.1, 0.15) is 0 Å². The van der Waals surface area contributed by atoms with Gasteiger partial charge in [-0.2, -0.15) is 4.68 Å². The molecule has 1 aromatic heterocycles. The summed E-state index contributed by atoms with van der Waals surface area (Å²) in [6.07, 6.45) is 0. The van der Waals surface area contributed by atoms with Crippen molar-refractivity contribution in [2.75, 3.05) is 0 Å². The number of aryl methyl sites for hydroxylation is 1. The summed E-state index contributed by atoms with van der Waals surface area (Å²) in [5.41, 5.74) is 3.06. The molecule has 88 valence electrons. The zero-order valence-corrected chi connectivity index (χ0v) is 9.96. The van der Waals surface area contributed by atoms with Gasteiger partial charge >= 0.3 is 0 Å². The van der Waals surface area contributed by atoms with E-state index >= 15 is 0 Å². The number of para-hydroxylation sites is 1. The second-order valence-electron chi connectivity index (χ2n) is 4.15. The lowest BCUT2D eigenvalue weighted by Gasteiger charge is -2.08. The summed E-state index contributed by atoms with van der Waals surface area (Å²) < 4.78 is 1.57. The number of aromatic nitrogens is 3. The molecule has 4 nitrogen and oxygen atoms in total. The third-order valence-corrected chi connectivity index (χ3v) is 2.96. The minimum atomic E-state index is 0.356. The van der Waals surface area contributed by atoms with E-state index in [1.54, 1.807) is 4.68 Å². The van der Waals surface area contributed by atoms with E-state index in [0.29, 0.717) is 5.49 Å². The van der Waals surface area contributed by atoms with Crippen molar-refractivity contribution in [3.05, 3.63) is 59.6 Å². The number of nitrogens with one attached hydrogen (secondary N) is 1. The van der Waals surface area contributed by atoms with Gasteiger partial charge < -0.3 is 0 Å². The Hall–Kier alpha value is -2.49. The first-order chi connectivity index (χ1) is 8.77. The Morgan fingerprint density at radius 1 is 1.00 bits per heavy atom. The smallest absolute Gasteiger partial charge is 0.157 e. The largest absolute Gasteiger partial charge is 0.282 e. The fourth-order valence-corrected chi connectivity index (χ4v) is 1.98. The first-order valence-electron chi connectivity index (χ1n) is 5.73. The van der Waals surface area contributed by atoms with E-state index in [0.717, 1.165) is 22.2 Å². The minimum Gasteiger partial charge on any atom is -0.282 e. The van der Waals surface area contributed by atoms with Crippen LogP contribution in [0.1, 0.15) is 5.56 Å². The van der Waals surface area contributed by atoms with Crippen LogP contribution in [-0.4, -0.2) is 15.0 Å². The van der Waals surface area contributed by atoms with Gasteiger partial charge in [-0.3, -0.25) is 5.41 Å². The monoisotopic (exact) mass is 236 g/mol. The third-order valence-electron chi connectivity index (χ3n) is 2.96. The molecule has 0 amide bonds. The summed E-state index contributed by atoms with van der Waals surface area (Å²) >= 11 is 0. The van der Waals surface area contributed by atoms with E-state index in [1.807, 2.05) is 55.5 Å². The lowest BCUT2D eigenvalue weighted by molar-refractivity contribution is 0.712. The standard InChI is InChI=1S/C14H12N4/c1-10-6-2-5-9-13(10)18-14(15)11-7-3-4-8-12(11)16-17-18/h2-9,15H,1H3. The number of nitrogens with zero attached hydrogens (tertiary/aromatic N) is 3. The number of hydrogen-bond donors (Lipinski definition) is 1. The highest BCUT2D eigenvalue weighted by atomic mass is 15.4. The molecular weight excluding hydrogens is 224 g/mol. The molecule has 0 bridgehead atoms. The Kier molecular flexibility index (Phi) is 2.41. The van der Waals surface area contributed by atoms with Crippen molar-refractivity contribution in [3.63, 3.8) is 0 Å². The van der Waals surface area contributed by atoms with Gasteiger partial charge in [-0.15, -0.1) is 5.10 Å². The number of hydrogen-bond acceptors (Lipinski definition) is 3. The molecule has 18 heavy (non-hydrogen) atoms. The quantitative estimate of drug-likeness (QED) is 0.704. The molecule has 3 aromatic rings. The van der Waals surface area contributed by atoms with Crippen LogP contribution in [0.25, 0.3) is 16.6 Å². The Morgan fingerprint density at radius 3 is 2.56 bits per heavy atom. The Morgan fingerprint density at radius 2 is 1.72 bits per heavy atom. The van der Waals surface area contributed by atoms with Gasteiger partial charge in [0, 0.05) is 5.39 Å². The molecule has 1 N–H and O–H groups in total. The lowest BCUT2D eigenvalue weighted by atomic mass is 10.2. The molecule has 4 heteroatoms. The van der Waals surface area contributed by atoms with Gasteiger partial charge in [-0.25, -0.2) is 0 Å². The van der Waals surface area contributed by atoms with E-state index in [1.165, 1.54) is 0 Å². The van der Waals surface area contributed by atoms with E-state index in [9.17, 15) is 0 Å². The first kappa shape index (κ1) is 10.7. The van der Waals surface area contributed by atoms with Crippen LogP contribution < -0.4 is 5.49 Å². The molecule has 0 fully saturated rings. The van der Waals surface area contributed by atoms with Gasteiger partial charge in [0.15, 0.2) is 5.49 Å². The SMILES string of the molecule is Cc1ccccc1-n1nnc2ccccc2c1=N. The summed E-state index contributed by atoms with van der Waals surface area (Å²) in [6.45, 7) is 2.00.